The second-order valence-electron chi connectivity index (χ2n) is 3.82. The summed E-state index contributed by atoms with van der Waals surface area (Å²) in [7, 11) is 0. The van der Waals surface area contributed by atoms with E-state index in [1.165, 1.54) is 6.33 Å². The molecule has 1 unspecified atom stereocenters. The maximum absolute atomic E-state index is 12.2. The quantitative estimate of drug-likeness (QED) is 0.602. The molecule has 0 aliphatic carbocycles. The number of rotatable bonds is 3. The minimum atomic E-state index is -0.288. The summed E-state index contributed by atoms with van der Waals surface area (Å²) in [5, 5.41) is 10.1. The predicted molar refractivity (Wildman–Crippen MR) is 81.4 cm³/mol. The number of hydrogen-bond acceptors (Lipinski definition) is 3. The summed E-state index contributed by atoms with van der Waals surface area (Å²) in [4.78, 5) is 16.2. The molecule has 0 aliphatic rings. The molecule has 0 saturated heterocycles. The van der Waals surface area contributed by atoms with Crippen molar-refractivity contribution in [1.82, 2.24) is 20.5 Å². The van der Waals surface area contributed by atoms with Gasteiger partial charge in [0, 0.05) is 8.59 Å². The molecular weight excluding hydrogens is 402 g/mol. The molecule has 0 aliphatic heterocycles. The summed E-state index contributed by atoms with van der Waals surface area (Å²) in [6.07, 6.45) is 1.39. The van der Waals surface area contributed by atoms with Gasteiger partial charge in [0.2, 0.25) is 0 Å². The Morgan fingerprint density at radius 2 is 2.21 bits per heavy atom. The Hall–Kier alpha value is -0.860. The number of carbonyl (C=O) groups is 1. The van der Waals surface area contributed by atoms with Gasteiger partial charge in [-0.25, -0.2) is 4.98 Å². The fourth-order valence-corrected chi connectivity index (χ4v) is 2.54. The maximum Gasteiger partial charge on any atom is 0.253 e. The van der Waals surface area contributed by atoms with E-state index in [9.17, 15) is 4.79 Å². The topological polar surface area (TPSA) is 70.7 Å². The molecule has 1 aromatic heterocycles. The summed E-state index contributed by atoms with van der Waals surface area (Å²) in [6.45, 7) is 1.80. The van der Waals surface area contributed by atoms with Crippen LogP contribution in [0, 0.1) is 3.57 Å². The highest BCUT2D eigenvalue weighted by molar-refractivity contribution is 14.1. The molecule has 5 nitrogen and oxygen atoms in total. The van der Waals surface area contributed by atoms with Gasteiger partial charge in [0.25, 0.3) is 5.91 Å². The molecule has 19 heavy (non-hydrogen) atoms. The number of benzene rings is 1. The molecule has 8 heteroatoms. The third kappa shape index (κ3) is 3.37. The predicted octanol–water partition coefficient (Wildman–Crippen LogP) is 3.21. The van der Waals surface area contributed by atoms with E-state index in [2.05, 4.69) is 20.5 Å². The van der Waals surface area contributed by atoms with E-state index in [1.807, 2.05) is 22.6 Å². The second-order valence-corrected chi connectivity index (χ2v) is 5.74. The number of carbonyl (C=O) groups excluding carboxylic acids is 1. The monoisotopic (exact) mass is 410 g/mol. The van der Waals surface area contributed by atoms with Gasteiger partial charge in [-0.05, 0) is 41.6 Å². The normalized spacial score (nSPS) is 12.2. The first kappa shape index (κ1) is 14.5. The first-order valence-electron chi connectivity index (χ1n) is 5.29. The molecule has 1 amide bonds. The van der Waals surface area contributed by atoms with E-state index < -0.39 is 0 Å². The lowest BCUT2D eigenvalue weighted by Gasteiger charge is -2.12. The van der Waals surface area contributed by atoms with Crippen LogP contribution in [0.5, 0.6) is 0 Å². The van der Waals surface area contributed by atoms with Gasteiger partial charge < -0.3 is 5.32 Å². The first-order valence-corrected chi connectivity index (χ1v) is 7.13. The van der Waals surface area contributed by atoms with Crippen molar-refractivity contribution in [1.29, 1.82) is 0 Å². The second kappa shape index (κ2) is 6.06. The van der Waals surface area contributed by atoms with Gasteiger partial charge in [0.15, 0.2) is 0 Å². The van der Waals surface area contributed by atoms with Crippen molar-refractivity contribution in [3.05, 3.63) is 43.5 Å². The van der Waals surface area contributed by atoms with Gasteiger partial charge in [-0.15, -0.1) is 0 Å². The smallest absolute Gasteiger partial charge is 0.253 e. The Bertz CT molecular complexity index is 603. The van der Waals surface area contributed by atoms with Crippen LogP contribution in [0.1, 0.15) is 29.1 Å². The maximum atomic E-state index is 12.2. The lowest BCUT2D eigenvalue weighted by Crippen LogP contribution is -2.28. The fraction of sp³-hybridized carbons (Fsp3) is 0.182. The highest BCUT2D eigenvalue weighted by atomic mass is 127. The third-order valence-electron chi connectivity index (χ3n) is 2.43. The average Bonchev–Trinajstić information content (AvgIpc) is 2.87. The largest absolute Gasteiger partial charge is 0.342 e. The van der Waals surface area contributed by atoms with Crippen LogP contribution in [-0.4, -0.2) is 21.1 Å². The summed E-state index contributed by atoms with van der Waals surface area (Å²) in [6, 6.07) is 2.89. The van der Waals surface area contributed by atoms with Crippen molar-refractivity contribution in [2.75, 3.05) is 0 Å². The number of hydrogen-bond donors (Lipinski definition) is 2. The average molecular weight is 411 g/mol. The molecule has 2 N–H and O–H groups in total. The van der Waals surface area contributed by atoms with Crippen LogP contribution < -0.4 is 5.32 Å². The number of aromatic nitrogens is 3. The van der Waals surface area contributed by atoms with Crippen molar-refractivity contribution >= 4 is 51.7 Å². The first-order chi connectivity index (χ1) is 8.99. The zero-order valence-electron chi connectivity index (χ0n) is 9.75. The molecular formula is C11H9Cl2IN4O. The van der Waals surface area contributed by atoms with Crippen LogP contribution in [0.15, 0.2) is 18.5 Å². The molecule has 0 fully saturated rings. The Morgan fingerprint density at radius 3 is 2.84 bits per heavy atom. The van der Waals surface area contributed by atoms with E-state index >= 15 is 0 Å². The van der Waals surface area contributed by atoms with Crippen LogP contribution in [0.2, 0.25) is 10.0 Å². The lowest BCUT2D eigenvalue weighted by molar-refractivity contribution is 0.0937. The van der Waals surface area contributed by atoms with Gasteiger partial charge in [-0.3, -0.25) is 9.89 Å². The third-order valence-corrected chi connectivity index (χ3v) is 4.43. The number of aromatic amines is 1. The van der Waals surface area contributed by atoms with E-state index in [-0.39, 0.29) is 11.9 Å². The van der Waals surface area contributed by atoms with E-state index in [0.29, 0.717) is 25.0 Å². The number of H-pyrrole nitrogens is 1. The van der Waals surface area contributed by atoms with E-state index in [0.717, 1.165) is 0 Å². The van der Waals surface area contributed by atoms with Gasteiger partial charge in [-0.1, -0.05) is 23.2 Å². The minimum Gasteiger partial charge on any atom is -0.342 e. The zero-order chi connectivity index (χ0) is 14.0. The molecule has 1 atom stereocenters. The standard InChI is InChI=1S/C11H9Cl2IN4O/c1-5(10-15-4-16-18-10)17-11(19)7-2-6(12)3-8(13)9(7)14/h2-5H,1H3,(H,17,19)(H,15,16,18). The van der Waals surface area contributed by atoms with Gasteiger partial charge in [-0.2, -0.15) is 5.10 Å². The number of nitrogens with one attached hydrogen (secondary N) is 2. The highest BCUT2D eigenvalue weighted by Gasteiger charge is 2.17. The summed E-state index contributed by atoms with van der Waals surface area (Å²) in [5.41, 5.74) is 0.435. The Morgan fingerprint density at radius 1 is 1.47 bits per heavy atom. The molecule has 100 valence electrons. The van der Waals surface area contributed by atoms with Crippen LogP contribution in [0.3, 0.4) is 0 Å². The van der Waals surface area contributed by atoms with Crippen molar-refractivity contribution in [2.24, 2.45) is 0 Å². The van der Waals surface area contributed by atoms with Crippen molar-refractivity contribution < 1.29 is 4.79 Å². The molecule has 2 aromatic rings. The van der Waals surface area contributed by atoms with Gasteiger partial charge in [0.05, 0.1) is 16.6 Å². The SMILES string of the molecule is CC(NC(=O)c1cc(Cl)cc(Cl)c1I)c1ncn[nH]1. The zero-order valence-corrected chi connectivity index (χ0v) is 13.4. The molecule has 1 heterocycles. The van der Waals surface area contributed by atoms with Crippen LogP contribution in [0.25, 0.3) is 0 Å². The molecule has 0 bridgehead atoms. The van der Waals surface area contributed by atoms with Gasteiger partial charge in [0.1, 0.15) is 12.2 Å². The fourth-order valence-electron chi connectivity index (χ4n) is 1.49. The van der Waals surface area contributed by atoms with E-state index in [1.54, 1.807) is 19.1 Å². The molecule has 0 spiro atoms. The highest BCUT2D eigenvalue weighted by Crippen LogP contribution is 2.27. The Balaban J connectivity index is 2.21. The van der Waals surface area contributed by atoms with Crippen LogP contribution in [0.4, 0.5) is 0 Å². The van der Waals surface area contributed by atoms with Gasteiger partial charge >= 0.3 is 0 Å². The summed E-state index contributed by atoms with van der Waals surface area (Å²) < 4.78 is 0.658. The Labute approximate surface area is 133 Å². The molecule has 2 rings (SSSR count). The van der Waals surface area contributed by atoms with Crippen molar-refractivity contribution in [3.8, 4) is 0 Å². The lowest BCUT2D eigenvalue weighted by atomic mass is 10.2. The molecule has 1 aromatic carbocycles. The van der Waals surface area contributed by atoms with Crippen LogP contribution >= 0.6 is 45.8 Å². The molecule has 0 saturated carbocycles. The van der Waals surface area contributed by atoms with Crippen LogP contribution in [-0.2, 0) is 0 Å². The molecule has 0 radical (unpaired) electrons. The summed E-state index contributed by atoms with van der Waals surface area (Å²) in [5.74, 6) is 0.314. The number of halogens is 3. The Kier molecular flexibility index (Phi) is 4.64. The van der Waals surface area contributed by atoms with E-state index in [4.69, 9.17) is 23.2 Å². The van der Waals surface area contributed by atoms with Crippen molar-refractivity contribution in [2.45, 2.75) is 13.0 Å². The summed E-state index contributed by atoms with van der Waals surface area (Å²) >= 11 is 13.9. The number of nitrogens with zero attached hydrogens (tertiary/aromatic N) is 2. The minimum absolute atomic E-state index is 0.266. The number of amides is 1. The van der Waals surface area contributed by atoms with Crippen molar-refractivity contribution in [3.63, 3.8) is 0 Å².